The van der Waals surface area contributed by atoms with Crippen LogP contribution in [0.1, 0.15) is 251 Å². The van der Waals surface area contributed by atoms with Gasteiger partial charge in [-0.25, -0.2) is 0 Å². The van der Waals surface area contributed by atoms with Gasteiger partial charge < -0.3 is 89.9 Å². The molecule has 3 saturated heterocycles. The Morgan fingerprint density at radius 3 is 1.12 bits per heavy atom. The van der Waals surface area contributed by atoms with E-state index in [1.165, 1.54) is 122 Å². The van der Waals surface area contributed by atoms with E-state index >= 15 is 0 Å². The zero-order chi connectivity index (χ0) is 69.6. The van der Waals surface area contributed by atoms with E-state index in [1.807, 2.05) is 6.08 Å². The summed E-state index contributed by atoms with van der Waals surface area (Å²) in [6.07, 6.45) is 49.4. The molecule has 0 aliphatic carbocycles. The SMILES string of the molecule is CC/C=C\C/C=C\C/C=C\C/C=C\C/C=C\C/C=C\C/C=C\CCCCCCCC(=O)NC(COC1OC(CO)C(OC2OC(CO)C(OC3OC(CO)C(O)C(O)C3O)C(O)C2O)C(O)C1O)C(O)/C=C/CCCCCCCCCCCCCCCCCCCCCCCC. The number of hydrogen-bond donors (Lipinski definition) is 12. The van der Waals surface area contributed by atoms with Crippen molar-refractivity contribution in [3.63, 3.8) is 0 Å². The van der Waals surface area contributed by atoms with E-state index in [0.717, 1.165) is 103 Å². The van der Waals surface area contributed by atoms with Crippen molar-refractivity contribution in [1.82, 2.24) is 5.32 Å². The molecule has 0 aromatic rings. The van der Waals surface area contributed by atoms with Crippen LogP contribution in [-0.2, 0) is 33.2 Å². The molecule has 0 bridgehead atoms. The van der Waals surface area contributed by atoms with Gasteiger partial charge >= 0.3 is 0 Å². The number of carbonyl (C=O) groups is 1. The highest BCUT2D eigenvalue weighted by Crippen LogP contribution is 2.33. The second-order valence-electron chi connectivity index (χ2n) is 26.4. The number of hydrogen-bond acceptors (Lipinski definition) is 18. The monoisotopic (exact) mass is 1360 g/mol. The maximum absolute atomic E-state index is 13.4. The summed E-state index contributed by atoms with van der Waals surface area (Å²) in [5, 5.41) is 121. The second-order valence-corrected chi connectivity index (χ2v) is 26.4. The highest BCUT2D eigenvalue weighted by atomic mass is 16.8. The molecule has 3 fully saturated rings. The molecule has 19 nitrogen and oxygen atoms in total. The number of unbranched alkanes of at least 4 members (excludes halogenated alkanes) is 27. The van der Waals surface area contributed by atoms with E-state index in [9.17, 15) is 61.0 Å². The van der Waals surface area contributed by atoms with Crippen LogP contribution >= 0.6 is 0 Å². The summed E-state index contributed by atoms with van der Waals surface area (Å²) in [6.45, 7) is 1.62. The highest BCUT2D eigenvalue weighted by Gasteiger charge is 2.53. The number of aliphatic hydroxyl groups excluding tert-OH is 11. The lowest BCUT2D eigenvalue weighted by molar-refractivity contribution is -0.379. The summed E-state index contributed by atoms with van der Waals surface area (Å²) >= 11 is 0. The van der Waals surface area contributed by atoms with Gasteiger partial charge in [0.05, 0.1) is 38.6 Å². The number of amides is 1. The number of aliphatic hydroxyl groups is 11. The fourth-order valence-corrected chi connectivity index (χ4v) is 12.1. The molecule has 0 aromatic carbocycles. The third-order valence-corrected chi connectivity index (χ3v) is 18.1. The van der Waals surface area contributed by atoms with E-state index in [1.54, 1.807) is 6.08 Å². The summed E-state index contributed by atoms with van der Waals surface area (Å²) in [4.78, 5) is 13.4. The van der Waals surface area contributed by atoms with Gasteiger partial charge in [-0.3, -0.25) is 4.79 Å². The predicted octanol–water partition coefficient (Wildman–Crippen LogP) is 11.2. The zero-order valence-corrected chi connectivity index (χ0v) is 58.8. The van der Waals surface area contributed by atoms with Crippen LogP contribution in [0.4, 0.5) is 0 Å². The molecule has 0 saturated carbocycles. The fourth-order valence-electron chi connectivity index (χ4n) is 12.1. The van der Waals surface area contributed by atoms with Crippen LogP contribution in [-0.4, -0.2) is 193 Å². The molecule has 17 unspecified atom stereocenters. The van der Waals surface area contributed by atoms with Crippen molar-refractivity contribution in [1.29, 1.82) is 0 Å². The minimum Gasteiger partial charge on any atom is -0.394 e. The molecule has 0 spiro atoms. The summed E-state index contributed by atoms with van der Waals surface area (Å²) in [5.74, 6) is -0.296. The molecular weight excluding hydrogens is 1230 g/mol. The summed E-state index contributed by atoms with van der Waals surface area (Å²) in [7, 11) is 0. The third-order valence-electron chi connectivity index (χ3n) is 18.1. The predicted molar refractivity (Wildman–Crippen MR) is 378 cm³/mol. The summed E-state index contributed by atoms with van der Waals surface area (Å²) < 4.78 is 34.4. The van der Waals surface area contributed by atoms with Crippen molar-refractivity contribution in [3.8, 4) is 0 Å². The second kappa shape index (κ2) is 57.3. The Bertz CT molecular complexity index is 2110. The Hall–Kier alpha value is -3.29. The first-order valence-electron chi connectivity index (χ1n) is 37.5. The van der Waals surface area contributed by atoms with Crippen LogP contribution in [0.25, 0.3) is 0 Å². The van der Waals surface area contributed by atoms with Gasteiger partial charge in [0, 0.05) is 6.42 Å². The minimum atomic E-state index is -1.99. The summed E-state index contributed by atoms with van der Waals surface area (Å²) in [5.41, 5.74) is 0. The molecule has 12 N–H and O–H groups in total. The lowest BCUT2D eigenvalue weighted by Crippen LogP contribution is -2.66. The van der Waals surface area contributed by atoms with Crippen LogP contribution in [0.5, 0.6) is 0 Å². The van der Waals surface area contributed by atoms with Gasteiger partial charge in [0.1, 0.15) is 73.2 Å². The van der Waals surface area contributed by atoms with Gasteiger partial charge in [0.25, 0.3) is 0 Å². The van der Waals surface area contributed by atoms with Crippen molar-refractivity contribution in [2.75, 3.05) is 26.4 Å². The Morgan fingerprint density at radius 1 is 0.385 bits per heavy atom. The molecule has 0 radical (unpaired) electrons. The molecule has 0 aromatic heterocycles. The van der Waals surface area contributed by atoms with E-state index in [0.29, 0.717) is 6.42 Å². The van der Waals surface area contributed by atoms with Gasteiger partial charge in [-0.05, 0) is 77.0 Å². The Morgan fingerprint density at radius 2 is 0.719 bits per heavy atom. The van der Waals surface area contributed by atoms with Crippen LogP contribution in [0.2, 0.25) is 0 Å². The number of ether oxygens (including phenoxy) is 6. The molecule has 3 heterocycles. The minimum absolute atomic E-state index is 0.215. The molecule has 96 heavy (non-hydrogen) atoms. The Labute approximate surface area is 577 Å². The first-order chi connectivity index (χ1) is 46.8. The molecule has 3 rings (SSSR count). The average molecular weight is 1360 g/mol. The lowest BCUT2D eigenvalue weighted by Gasteiger charge is -2.48. The average Bonchev–Trinajstić information content (AvgIpc) is 1.09. The molecular formula is C77H133NO18. The van der Waals surface area contributed by atoms with E-state index in [-0.39, 0.29) is 18.9 Å². The largest absolute Gasteiger partial charge is 0.394 e. The van der Waals surface area contributed by atoms with Crippen LogP contribution < -0.4 is 5.32 Å². The zero-order valence-electron chi connectivity index (χ0n) is 58.8. The van der Waals surface area contributed by atoms with Crippen molar-refractivity contribution in [2.24, 2.45) is 0 Å². The maximum Gasteiger partial charge on any atom is 0.220 e. The first kappa shape index (κ1) is 86.9. The van der Waals surface area contributed by atoms with Crippen LogP contribution in [0, 0.1) is 0 Å². The maximum atomic E-state index is 13.4. The fraction of sp³-hybridized carbons (Fsp3) is 0.779. The quantitative estimate of drug-likeness (QED) is 0.0199. The third kappa shape index (κ3) is 37.9. The smallest absolute Gasteiger partial charge is 0.220 e. The number of rotatable bonds is 57. The first-order valence-corrected chi connectivity index (χ1v) is 37.5. The topological polar surface area (TPSA) is 307 Å². The number of carbonyl (C=O) groups excluding carboxylic acids is 1. The molecule has 3 aliphatic rings. The Balaban J connectivity index is 1.43. The molecule has 1 amide bonds. The van der Waals surface area contributed by atoms with Crippen LogP contribution in [0.15, 0.2) is 97.2 Å². The molecule has 3 aliphatic heterocycles. The standard InChI is InChI=1S/C77H133NO18/c1-3-5-7-9-11-13-15-17-19-21-23-25-27-29-30-31-33-35-37-39-41-43-45-47-49-51-53-55-65(83)78-60(61(82)54-52-50-48-46-44-42-40-38-36-34-32-28-26-24-22-20-18-16-14-12-10-8-6-4-2)59-91-75-71(89)68(86)73(63(57-80)93-75)96-77-72(90)69(87)74(64(58-81)94-77)95-76-70(88)67(85)66(84)62(56-79)92-76/h5,7,11,13,17,19,23,25,29-30,33,35,39,41,52,54,60-64,66-77,79-82,84-90H,3-4,6,8-10,12,14-16,18,20-22,24,26-28,31-32,34,36-38,40,42-51,53,55-59H2,1-2H3,(H,78,83)/b7-5-,13-11-,19-17-,25-23-,30-29-,35-33-,41-39-,54-52+. The van der Waals surface area contributed by atoms with Crippen LogP contribution in [0.3, 0.4) is 0 Å². The van der Waals surface area contributed by atoms with Gasteiger partial charge in [-0.15, -0.1) is 0 Å². The normalized spacial score (nSPS) is 27.6. The van der Waals surface area contributed by atoms with Crippen molar-refractivity contribution < 1.29 is 89.4 Å². The van der Waals surface area contributed by atoms with Gasteiger partial charge in [-0.2, -0.15) is 0 Å². The van der Waals surface area contributed by atoms with E-state index in [4.69, 9.17) is 28.4 Å². The van der Waals surface area contributed by atoms with Gasteiger partial charge in [0.15, 0.2) is 18.9 Å². The number of nitrogens with one attached hydrogen (secondary N) is 1. The summed E-state index contributed by atoms with van der Waals surface area (Å²) in [6, 6.07) is -0.992. The molecule has 554 valence electrons. The lowest BCUT2D eigenvalue weighted by atomic mass is 9.96. The molecule has 19 heteroatoms. The van der Waals surface area contributed by atoms with Crippen molar-refractivity contribution >= 4 is 5.91 Å². The van der Waals surface area contributed by atoms with Crippen molar-refractivity contribution in [3.05, 3.63) is 97.2 Å². The van der Waals surface area contributed by atoms with E-state index in [2.05, 4.69) is 104 Å². The van der Waals surface area contributed by atoms with Gasteiger partial charge in [-0.1, -0.05) is 265 Å². The van der Waals surface area contributed by atoms with Crippen molar-refractivity contribution in [2.45, 2.75) is 356 Å². The Kier molecular flexibility index (Phi) is 51.9. The van der Waals surface area contributed by atoms with Gasteiger partial charge in [0.2, 0.25) is 5.91 Å². The molecule has 17 atom stereocenters. The highest BCUT2D eigenvalue weighted by molar-refractivity contribution is 5.76. The number of allylic oxidation sites excluding steroid dienone is 15. The van der Waals surface area contributed by atoms with E-state index < -0.39 is 124 Å².